The zero-order valence-corrected chi connectivity index (χ0v) is 14.2. The van der Waals surface area contributed by atoms with Gasteiger partial charge in [0.15, 0.2) is 0 Å². The highest BCUT2D eigenvalue weighted by atomic mass is 16.5. The van der Waals surface area contributed by atoms with Gasteiger partial charge in [-0.25, -0.2) is 4.98 Å². The Morgan fingerprint density at radius 1 is 1.36 bits per heavy atom. The van der Waals surface area contributed by atoms with Crippen molar-refractivity contribution in [3.8, 4) is 0 Å². The minimum Gasteiger partial charge on any atom is -0.366 e. The van der Waals surface area contributed by atoms with Crippen LogP contribution in [0, 0.1) is 0 Å². The molecule has 1 saturated heterocycles. The van der Waals surface area contributed by atoms with Crippen molar-refractivity contribution in [1.82, 2.24) is 20.2 Å². The number of fused-ring (bicyclic) bond motifs is 1. The lowest BCUT2D eigenvalue weighted by molar-refractivity contribution is -0.148. The van der Waals surface area contributed by atoms with E-state index in [0.29, 0.717) is 29.9 Å². The van der Waals surface area contributed by atoms with Gasteiger partial charge in [0.25, 0.3) is 11.5 Å². The molecule has 132 valence electrons. The van der Waals surface area contributed by atoms with Crippen molar-refractivity contribution in [3.05, 3.63) is 40.4 Å². The van der Waals surface area contributed by atoms with Crippen LogP contribution in [0.5, 0.6) is 0 Å². The number of para-hydroxylation sites is 1. The molecular formula is C18H22N4O3. The molecule has 2 heterocycles. The number of H-pyrrole nitrogens is 1. The minimum absolute atomic E-state index is 0.0296. The maximum Gasteiger partial charge on any atom is 0.258 e. The summed E-state index contributed by atoms with van der Waals surface area (Å²) in [4.78, 5) is 34.6. The molecule has 1 aromatic heterocycles. The second-order valence-electron chi connectivity index (χ2n) is 6.68. The van der Waals surface area contributed by atoms with Crippen LogP contribution < -0.4 is 10.9 Å². The largest absolute Gasteiger partial charge is 0.366 e. The molecule has 0 bridgehead atoms. The highest BCUT2D eigenvalue weighted by molar-refractivity contribution is 5.82. The van der Waals surface area contributed by atoms with E-state index in [1.54, 1.807) is 6.07 Å². The molecule has 1 aliphatic carbocycles. The molecule has 7 nitrogen and oxygen atoms in total. The maximum atomic E-state index is 13.0. The number of carbonyl (C=O) groups is 1. The number of morpholine rings is 1. The number of nitrogens with one attached hydrogen (secondary N) is 2. The summed E-state index contributed by atoms with van der Waals surface area (Å²) in [6, 6.07) is 7.14. The first-order valence-corrected chi connectivity index (χ1v) is 8.78. The number of aromatic amines is 1. The van der Waals surface area contributed by atoms with Crippen molar-refractivity contribution in [2.24, 2.45) is 0 Å². The molecule has 0 spiro atoms. The maximum absolute atomic E-state index is 13.0. The number of rotatable bonds is 4. The lowest BCUT2D eigenvalue weighted by Crippen LogP contribution is -2.51. The number of nitrogens with zero attached hydrogens (tertiary/aromatic N) is 2. The van der Waals surface area contributed by atoms with Crippen LogP contribution in [-0.2, 0) is 9.53 Å². The van der Waals surface area contributed by atoms with Gasteiger partial charge in [-0.1, -0.05) is 12.1 Å². The van der Waals surface area contributed by atoms with Gasteiger partial charge in [0.1, 0.15) is 11.9 Å². The van der Waals surface area contributed by atoms with Crippen LogP contribution in [0.2, 0.25) is 0 Å². The molecule has 4 rings (SSSR count). The van der Waals surface area contributed by atoms with Crippen LogP contribution in [0.3, 0.4) is 0 Å². The molecule has 1 aliphatic heterocycles. The van der Waals surface area contributed by atoms with Gasteiger partial charge in [-0.05, 0) is 31.9 Å². The van der Waals surface area contributed by atoms with Gasteiger partial charge in [-0.15, -0.1) is 0 Å². The molecule has 1 saturated carbocycles. The Bertz CT molecular complexity index is 840. The first-order valence-electron chi connectivity index (χ1n) is 8.78. The molecule has 0 radical (unpaired) electrons. The number of carbonyl (C=O) groups excluding carboxylic acids is 1. The summed E-state index contributed by atoms with van der Waals surface area (Å²) in [5.41, 5.74) is 0.470. The second kappa shape index (κ2) is 6.57. The third kappa shape index (κ3) is 3.17. The van der Waals surface area contributed by atoms with Crippen LogP contribution in [0.1, 0.15) is 31.6 Å². The fourth-order valence-corrected chi connectivity index (χ4v) is 3.36. The molecule has 25 heavy (non-hydrogen) atoms. The number of ether oxygens (including phenoxy) is 1. The Kier molecular flexibility index (Phi) is 4.27. The van der Waals surface area contributed by atoms with E-state index >= 15 is 0 Å². The summed E-state index contributed by atoms with van der Waals surface area (Å²) < 4.78 is 5.63. The number of benzene rings is 1. The van der Waals surface area contributed by atoms with Crippen LogP contribution >= 0.6 is 0 Å². The first-order chi connectivity index (χ1) is 12.1. The SMILES string of the molecule is C[C@@H](c1nc2ccccc2c(=O)[nH]1)N(C(=O)[C@H]1CNCCO1)C1CC1. The average molecular weight is 342 g/mol. The molecule has 1 aromatic carbocycles. The molecule has 2 aromatic rings. The van der Waals surface area contributed by atoms with Gasteiger partial charge in [0, 0.05) is 19.1 Å². The molecule has 7 heteroatoms. The van der Waals surface area contributed by atoms with Crippen LogP contribution in [0.15, 0.2) is 29.1 Å². The number of aromatic nitrogens is 2. The van der Waals surface area contributed by atoms with Gasteiger partial charge < -0.3 is 19.9 Å². The predicted octanol–water partition coefficient (Wildman–Crippen LogP) is 0.963. The van der Waals surface area contributed by atoms with E-state index in [9.17, 15) is 9.59 Å². The van der Waals surface area contributed by atoms with Crippen molar-refractivity contribution >= 4 is 16.8 Å². The van der Waals surface area contributed by atoms with E-state index in [1.807, 2.05) is 30.0 Å². The Morgan fingerprint density at radius 2 is 2.16 bits per heavy atom. The Labute approximate surface area is 145 Å². The lowest BCUT2D eigenvalue weighted by atomic mass is 10.1. The van der Waals surface area contributed by atoms with E-state index in [4.69, 9.17) is 4.74 Å². The highest BCUT2D eigenvalue weighted by Gasteiger charge is 2.40. The number of hydrogen-bond acceptors (Lipinski definition) is 5. The summed E-state index contributed by atoms with van der Waals surface area (Å²) in [5, 5.41) is 3.75. The molecule has 2 atom stereocenters. The number of hydrogen-bond donors (Lipinski definition) is 2. The normalized spacial score (nSPS) is 21.9. The van der Waals surface area contributed by atoms with Crippen LogP contribution in [0.4, 0.5) is 0 Å². The highest BCUT2D eigenvalue weighted by Crippen LogP contribution is 2.34. The zero-order chi connectivity index (χ0) is 17.4. The average Bonchev–Trinajstić information content (AvgIpc) is 3.47. The lowest BCUT2D eigenvalue weighted by Gasteiger charge is -2.33. The molecule has 2 aliphatic rings. The topological polar surface area (TPSA) is 87.3 Å². The van der Waals surface area contributed by atoms with Crippen molar-refractivity contribution in [1.29, 1.82) is 0 Å². The summed E-state index contributed by atoms with van der Waals surface area (Å²) in [6.07, 6.45) is 1.49. The fourth-order valence-electron chi connectivity index (χ4n) is 3.36. The van der Waals surface area contributed by atoms with Gasteiger partial charge in [0.2, 0.25) is 0 Å². The van der Waals surface area contributed by atoms with E-state index in [1.165, 1.54) is 0 Å². The quantitative estimate of drug-likeness (QED) is 0.864. The van der Waals surface area contributed by atoms with Gasteiger partial charge in [-0.3, -0.25) is 9.59 Å². The summed E-state index contributed by atoms with van der Waals surface area (Å²) in [7, 11) is 0. The van der Waals surface area contributed by atoms with Gasteiger partial charge >= 0.3 is 0 Å². The Morgan fingerprint density at radius 3 is 2.88 bits per heavy atom. The van der Waals surface area contributed by atoms with E-state index in [-0.39, 0.29) is 23.6 Å². The molecule has 2 fully saturated rings. The standard InChI is InChI=1S/C18H22N4O3/c1-11(16-20-14-5-3-2-4-13(14)17(23)21-16)22(12-6-7-12)18(24)15-10-19-8-9-25-15/h2-5,11-12,15,19H,6-10H2,1H3,(H,20,21,23)/t11-,15+/m0/s1. The first kappa shape index (κ1) is 16.2. The van der Waals surface area contributed by atoms with Crippen molar-refractivity contribution in [3.63, 3.8) is 0 Å². The fraction of sp³-hybridized carbons (Fsp3) is 0.500. The van der Waals surface area contributed by atoms with E-state index in [0.717, 1.165) is 19.4 Å². The zero-order valence-electron chi connectivity index (χ0n) is 14.2. The van der Waals surface area contributed by atoms with Crippen molar-refractivity contribution in [2.45, 2.75) is 38.0 Å². The Balaban J connectivity index is 1.66. The molecule has 0 unspecified atom stereocenters. The van der Waals surface area contributed by atoms with Crippen LogP contribution in [-0.4, -0.2) is 52.6 Å². The van der Waals surface area contributed by atoms with Crippen LogP contribution in [0.25, 0.3) is 10.9 Å². The molecule has 1 amide bonds. The predicted molar refractivity (Wildman–Crippen MR) is 93.3 cm³/mol. The molecular weight excluding hydrogens is 320 g/mol. The van der Waals surface area contributed by atoms with Crippen molar-refractivity contribution < 1.29 is 9.53 Å². The third-order valence-electron chi connectivity index (χ3n) is 4.84. The summed E-state index contributed by atoms with van der Waals surface area (Å²) >= 11 is 0. The van der Waals surface area contributed by atoms with Crippen molar-refractivity contribution in [2.75, 3.05) is 19.7 Å². The Hall–Kier alpha value is -2.25. The van der Waals surface area contributed by atoms with Gasteiger partial charge in [-0.2, -0.15) is 0 Å². The monoisotopic (exact) mass is 342 g/mol. The van der Waals surface area contributed by atoms with Gasteiger partial charge in [0.05, 0.1) is 23.6 Å². The number of amides is 1. The second-order valence-corrected chi connectivity index (χ2v) is 6.68. The van der Waals surface area contributed by atoms with E-state index < -0.39 is 6.10 Å². The summed E-state index contributed by atoms with van der Waals surface area (Å²) in [5.74, 6) is 0.491. The minimum atomic E-state index is -0.469. The third-order valence-corrected chi connectivity index (χ3v) is 4.84. The summed E-state index contributed by atoms with van der Waals surface area (Å²) in [6.45, 7) is 3.74. The van der Waals surface area contributed by atoms with E-state index in [2.05, 4.69) is 15.3 Å². The smallest absolute Gasteiger partial charge is 0.258 e. The molecule has 2 N–H and O–H groups in total.